The van der Waals surface area contributed by atoms with Crippen molar-refractivity contribution < 1.29 is 0 Å². The first kappa shape index (κ1) is 11.9. The third kappa shape index (κ3) is 2.39. The summed E-state index contributed by atoms with van der Waals surface area (Å²) in [6, 6.07) is 3.86. The van der Waals surface area contributed by atoms with Crippen LogP contribution >= 0.6 is 0 Å². The van der Waals surface area contributed by atoms with Gasteiger partial charge < -0.3 is 5.32 Å². The van der Waals surface area contributed by atoms with Gasteiger partial charge in [0.1, 0.15) is 0 Å². The molecule has 3 atom stereocenters. The van der Waals surface area contributed by atoms with E-state index in [0.29, 0.717) is 12.1 Å². The van der Waals surface area contributed by atoms with Crippen molar-refractivity contribution in [2.75, 3.05) is 13.1 Å². The molecule has 0 bridgehead atoms. The summed E-state index contributed by atoms with van der Waals surface area (Å²) in [4.78, 5) is 2.46. The lowest BCUT2D eigenvalue weighted by Crippen LogP contribution is -2.53. The average molecular weight is 221 g/mol. The zero-order valence-corrected chi connectivity index (χ0v) is 10.3. The molecule has 0 aromatic heterocycles. The highest BCUT2D eigenvalue weighted by Gasteiger charge is 2.34. The molecule has 2 aliphatic heterocycles. The van der Waals surface area contributed by atoms with E-state index in [9.17, 15) is 5.26 Å². The molecular weight excluding hydrogens is 198 g/mol. The quantitative estimate of drug-likeness (QED) is 0.791. The number of piperidine rings is 1. The van der Waals surface area contributed by atoms with Gasteiger partial charge >= 0.3 is 0 Å². The number of nitrogens with one attached hydrogen (secondary N) is 1. The van der Waals surface area contributed by atoms with Crippen molar-refractivity contribution in [3.05, 3.63) is 0 Å². The molecule has 2 heterocycles. The van der Waals surface area contributed by atoms with E-state index in [4.69, 9.17) is 0 Å². The van der Waals surface area contributed by atoms with Crippen LogP contribution in [0.1, 0.15) is 45.4 Å². The van der Waals surface area contributed by atoms with Gasteiger partial charge in [0.05, 0.1) is 12.1 Å². The van der Waals surface area contributed by atoms with Crippen LogP contribution in [0, 0.1) is 11.3 Å². The Labute approximate surface area is 98.8 Å². The molecule has 2 rings (SSSR count). The molecule has 16 heavy (non-hydrogen) atoms. The minimum Gasteiger partial charge on any atom is -0.312 e. The predicted molar refractivity (Wildman–Crippen MR) is 65.1 cm³/mol. The first-order chi connectivity index (χ1) is 7.86. The lowest BCUT2D eigenvalue weighted by Gasteiger charge is -2.41. The van der Waals surface area contributed by atoms with E-state index in [0.717, 1.165) is 13.0 Å². The van der Waals surface area contributed by atoms with Crippen LogP contribution in [0.3, 0.4) is 0 Å². The smallest absolute Gasteiger partial charge is 0.0978 e. The Kier molecular flexibility index (Phi) is 4.20. The summed E-state index contributed by atoms with van der Waals surface area (Å²) in [5.74, 6) is 0. The van der Waals surface area contributed by atoms with Crippen LogP contribution < -0.4 is 5.32 Å². The Bertz CT molecular complexity index is 252. The number of hydrogen-bond donors (Lipinski definition) is 1. The molecule has 0 spiro atoms. The molecule has 2 aliphatic rings. The van der Waals surface area contributed by atoms with Crippen molar-refractivity contribution in [3.8, 4) is 6.07 Å². The molecular formula is C13H23N3. The summed E-state index contributed by atoms with van der Waals surface area (Å²) in [6.45, 7) is 4.41. The maximum Gasteiger partial charge on any atom is 0.0978 e. The molecule has 0 radical (unpaired) electrons. The van der Waals surface area contributed by atoms with Gasteiger partial charge in [-0.05, 0) is 45.2 Å². The second-order valence-corrected chi connectivity index (χ2v) is 5.06. The van der Waals surface area contributed by atoms with Crippen molar-refractivity contribution in [2.24, 2.45) is 0 Å². The summed E-state index contributed by atoms with van der Waals surface area (Å²) in [6.07, 6.45) is 7.43. The Balaban J connectivity index is 2.04. The van der Waals surface area contributed by atoms with Gasteiger partial charge in [-0.25, -0.2) is 0 Å². The van der Waals surface area contributed by atoms with Crippen LogP contribution in [0.4, 0.5) is 0 Å². The van der Waals surface area contributed by atoms with Crippen molar-refractivity contribution in [3.63, 3.8) is 0 Å². The second kappa shape index (κ2) is 5.65. The van der Waals surface area contributed by atoms with E-state index in [1.165, 1.54) is 38.6 Å². The first-order valence-electron chi connectivity index (χ1n) is 6.75. The molecule has 90 valence electrons. The third-order valence-electron chi connectivity index (χ3n) is 4.09. The van der Waals surface area contributed by atoms with Gasteiger partial charge in [-0.1, -0.05) is 13.3 Å². The van der Waals surface area contributed by atoms with Crippen molar-refractivity contribution in [1.29, 1.82) is 5.26 Å². The van der Waals surface area contributed by atoms with Crippen molar-refractivity contribution >= 4 is 0 Å². The van der Waals surface area contributed by atoms with Gasteiger partial charge in [0, 0.05) is 12.1 Å². The van der Waals surface area contributed by atoms with Crippen LogP contribution in [0.5, 0.6) is 0 Å². The monoisotopic (exact) mass is 221 g/mol. The molecule has 0 aromatic carbocycles. The summed E-state index contributed by atoms with van der Waals surface area (Å²) >= 11 is 0. The van der Waals surface area contributed by atoms with Gasteiger partial charge in [-0.15, -0.1) is 0 Å². The number of rotatable bonds is 3. The van der Waals surface area contributed by atoms with E-state index in [1.54, 1.807) is 0 Å². The molecule has 3 nitrogen and oxygen atoms in total. The Morgan fingerprint density at radius 2 is 2.25 bits per heavy atom. The van der Waals surface area contributed by atoms with Gasteiger partial charge in [0.25, 0.3) is 0 Å². The van der Waals surface area contributed by atoms with Crippen LogP contribution in [-0.2, 0) is 0 Å². The standard InChI is InChI=1S/C13H23N3/c1-2-11(10-14)16-9-4-3-7-13(16)12-6-5-8-15-12/h11-13,15H,2-9H2,1H3. The molecule has 0 amide bonds. The number of nitriles is 1. The van der Waals surface area contributed by atoms with E-state index in [1.807, 2.05) is 0 Å². The zero-order chi connectivity index (χ0) is 11.4. The first-order valence-corrected chi connectivity index (χ1v) is 6.75. The number of hydrogen-bond acceptors (Lipinski definition) is 3. The lowest BCUT2D eigenvalue weighted by molar-refractivity contribution is 0.0934. The van der Waals surface area contributed by atoms with Crippen LogP contribution in [-0.4, -0.2) is 36.1 Å². The number of nitrogens with zero attached hydrogens (tertiary/aromatic N) is 2. The molecule has 2 fully saturated rings. The minimum atomic E-state index is 0.132. The van der Waals surface area contributed by atoms with Crippen LogP contribution in [0.2, 0.25) is 0 Å². The zero-order valence-electron chi connectivity index (χ0n) is 10.3. The second-order valence-electron chi connectivity index (χ2n) is 5.06. The topological polar surface area (TPSA) is 39.1 Å². The van der Waals surface area contributed by atoms with Gasteiger partial charge in [0.15, 0.2) is 0 Å². The summed E-state index contributed by atoms with van der Waals surface area (Å²) in [5.41, 5.74) is 0. The maximum absolute atomic E-state index is 9.23. The third-order valence-corrected chi connectivity index (χ3v) is 4.09. The molecule has 1 N–H and O–H groups in total. The summed E-state index contributed by atoms with van der Waals surface area (Å²) < 4.78 is 0. The fourth-order valence-corrected chi connectivity index (χ4v) is 3.24. The molecule has 0 saturated carbocycles. The fourth-order valence-electron chi connectivity index (χ4n) is 3.24. The number of likely N-dealkylation sites (tertiary alicyclic amines) is 1. The molecule has 3 unspecified atom stereocenters. The van der Waals surface area contributed by atoms with Gasteiger partial charge in [-0.3, -0.25) is 4.90 Å². The Hall–Kier alpha value is -0.590. The van der Waals surface area contributed by atoms with Gasteiger partial charge in [-0.2, -0.15) is 5.26 Å². The highest BCUT2D eigenvalue weighted by Crippen LogP contribution is 2.26. The Morgan fingerprint density at radius 1 is 1.38 bits per heavy atom. The SMILES string of the molecule is CCC(C#N)N1CCCCC1C1CCCN1. The summed E-state index contributed by atoms with van der Waals surface area (Å²) in [5, 5.41) is 12.8. The predicted octanol–water partition coefficient (Wildman–Crippen LogP) is 1.90. The highest BCUT2D eigenvalue weighted by atomic mass is 15.2. The van der Waals surface area contributed by atoms with E-state index in [-0.39, 0.29) is 6.04 Å². The Morgan fingerprint density at radius 3 is 2.88 bits per heavy atom. The highest BCUT2D eigenvalue weighted by molar-refractivity contribution is 4.99. The van der Waals surface area contributed by atoms with E-state index < -0.39 is 0 Å². The van der Waals surface area contributed by atoms with Gasteiger partial charge in [0.2, 0.25) is 0 Å². The van der Waals surface area contributed by atoms with Crippen molar-refractivity contribution in [1.82, 2.24) is 10.2 Å². The molecule has 0 aliphatic carbocycles. The molecule has 2 saturated heterocycles. The normalized spacial score (nSPS) is 33.5. The maximum atomic E-state index is 9.23. The lowest BCUT2D eigenvalue weighted by atomic mass is 9.92. The fraction of sp³-hybridized carbons (Fsp3) is 0.923. The summed E-state index contributed by atoms with van der Waals surface area (Å²) in [7, 11) is 0. The largest absolute Gasteiger partial charge is 0.312 e. The minimum absolute atomic E-state index is 0.132. The average Bonchev–Trinajstić information content (AvgIpc) is 2.85. The van der Waals surface area contributed by atoms with Crippen LogP contribution in [0.15, 0.2) is 0 Å². The van der Waals surface area contributed by atoms with Crippen molar-refractivity contribution in [2.45, 2.75) is 63.6 Å². The van der Waals surface area contributed by atoms with Crippen LogP contribution in [0.25, 0.3) is 0 Å². The van der Waals surface area contributed by atoms with E-state index >= 15 is 0 Å². The molecule has 0 aromatic rings. The van der Waals surface area contributed by atoms with E-state index in [2.05, 4.69) is 23.2 Å². The molecule has 3 heteroatoms.